The number of fused-ring (bicyclic) bond motifs is 6. The van der Waals surface area contributed by atoms with E-state index in [0.717, 1.165) is 5.69 Å². The predicted octanol–water partition coefficient (Wildman–Crippen LogP) is 14.5. The molecular formula is C54H36N2. The lowest BCUT2D eigenvalue weighted by atomic mass is 9.98. The van der Waals surface area contributed by atoms with Crippen molar-refractivity contribution < 1.29 is 0 Å². The highest BCUT2D eigenvalue weighted by atomic mass is 15.0. The van der Waals surface area contributed by atoms with Crippen molar-refractivity contribution in [2.24, 2.45) is 0 Å². The molecule has 262 valence electrons. The summed E-state index contributed by atoms with van der Waals surface area (Å²) in [5.41, 5.74) is 16.7. The van der Waals surface area contributed by atoms with Crippen molar-refractivity contribution >= 4 is 43.6 Å². The zero-order valence-corrected chi connectivity index (χ0v) is 30.7. The zero-order valence-electron chi connectivity index (χ0n) is 30.7. The molecule has 0 bridgehead atoms. The quantitative estimate of drug-likeness (QED) is 0.162. The molecule has 2 aromatic heterocycles. The molecule has 0 saturated heterocycles. The Bertz CT molecular complexity index is 3150. The highest BCUT2D eigenvalue weighted by molar-refractivity contribution is 6.13. The largest absolute Gasteiger partial charge is 0.309 e. The Hall–Kier alpha value is -7.42. The lowest BCUT2D eigenvalue weighted by Crippen LogP contribution is -1.96. The fourth-order valence-electron chi connectivity index (χ4n) is 8.63. The highest BCUT2D eigenvalue weighted by Gasteiger charge is 2.18. The fraction of sp³-hybridized carbons (Fsp3) is 0. The molecular weight excluding hydrogens is 677 g/mol. The lowest BCUT2D eigenvalue weighted by Gasteiger charge is -2.14. The summed E-state index contributed by atoms with van der Waals surface area (Å²) in [6.07, 6.45) is 0. The van der Waals surface area contributed by atoms with Gasteiger partial charge in [0.2, 0.25) is 0 Å². The minimum atomic E-state index is 1.14. The Balaban J connectivity index is 1.15. The third kappa shape index (κ3) is 5.34. The molecule has 0 N–H and O–H groups in total. The van der Waals surface area contributed by atoms with Gasteiger partial charge in [0.1, 0.15) is 0 Å². The molecule has 0 radical (unpaired) electrons. The van der Waals surface area contributed by atoms with Crippen molar-refractivity contribution in [3.63, 3.8) is 0 Å². The average molecular weight is 713 g/mol. The maximum Gasteiger partial charge on any atom is 0.0547 e. The summed E-state index contributed by atoms with van der Waals surface area (Å²) in [5, 5.41) is 4.97. The Morgan fingerprint density at radius 1 is 0.196 bits per heavy atom. The third-order valence-electron chi connectivity index (χ3n) is 11.3. The number of rotatable bonds is 6. The van der Waals surface area contributed by atoms with Crippen LogP contribution in [-0.4, -0.2) is 9.13 Å². The van der Waals surface area contributed by atoms with E-state index in [4.69, 9.17) is 0 Å². The normalized spacial score (nSPS) is 11.6. The van der Waals surface area contributed by atoms with Crippen molar-refractivity contribution in [2.45, 2.75) is 0 Å². The van der Waals surface area contributed by atoms with Crippen LogP contribution in [0, 0.1) is 0 Å². The first kappa shape index (κ1) is 32.0. The maximum atomic E-state index is 2.47. The van der Waals surface area contributed by atoms with Gasteiger partial charge in [0.05, 0.1) is 22.1 Å². The molecule has 0 spiro atoms. The molecule has 2 nitrogen and oxygen atoms in total. The molecule has 2 heteroatoms. The van der Waals surface area contributed by atoms with E-state index >= 15 is 0 Å². The van der Waals surface area contributed by atoms with Gasteiger partial charge in [-0.1, -0.05) is 152 Å². The van der Waals surface area contributed by atoms with Crippen molar-refractivity contribution in [1.82, 2.24) is 9.13 Å². The van der Waals surface area contributed by atoms with Gasteiger partial charge < -0.3 is 9.13 Å². The second kappa shape index (κ2) is 13.2. The number of benzene rings is 9. The number of hydrogen-bond donors (Lipinski definition) is 0. The Morgan fingerprint density at radius 2 is 0.607 bits per heavy atom. The van der Waals surface area contributed by atoms with Crippen LogP contribution in [0.5, 0.6) is 0 Å². The number of nitrogens with zero attached hydrogens (tertiary/aromatic N) is 2. The second-order valence-electron chi connectivity index (χ2n) is 14.6. The van der Waals surface area contributed by atoms with Crippen LogP contribution in [-0.2, 0) is 0 Å². The molecule has 2 heterocycles. The lowest BCUT2D eigenvalue weighted by molar-refractivity contribution is 1.18. The van der Waals surface area contributed by atoms with Gasteiger partial charge >= 0.3 is 0 Å². The van der Waals surface area contributed by atoms with Crippen molar-refractivity contribution in [1.29, 1.82) is 0 Å². The van der Waals surface area contributed by atoms with Crippen LogP contribution >= 0.6 is 0 Å². The van der Waals surface area contributed by atoms with E-state index in [1.54, 1.807) is 0 Å². The van der Waals surface area contributed by atoms with E-state index in [0.29, 0.717) is 0 Å². The Kier molecular flexibility index (Phi) is 7.53. The molecule has 11 aromatic rings. The summed E-state index contributed by atoms with van der Waals surface area (Å²) >= 11 is 0. The van der Waals surface area contributed by atoms with Gasteiger partial charge in [0.15, 0.2) is 0 Å². The Morgan fingerprint density at radius 3 is 1.18 bits per heavy atom. The molecule has 0 saturated carbocycles. The van der Waals surface area contributed by atoms with Crippen LogP contribution in [0.1, 0.15) is 0 Å². The van der Waals surface area contributed by atoms with E-state index in [9.17, 15) is 0 Å². The fourth-order valence-corrected chi connectivity index (χ4v) is 8.63. The minimum Gasteiger partial charge on any atom is -0.309 e. The van der Waals surface area contributed by atoms with Gasteiger partial charge in [0.25, 0.3) is 0 Å². The molecule has 56 heavy (non-hydrogen) atoms. The van der Waals surface area contributed by atoms with Crippen LogP contribution in [0.2, 0.25) is 0 Å². The van der Waals surface area contributed by atoms with Crippen LogP contribution in [0.15, 0.2) is 218 Å². The summed E-state index contributed by atoms with van der Waals surface area (Å²) in [6, 6.07) is 79.5. The third-order valence-corrected chi connectivity index (χ3v) is 11.3. The first-order valence-corrected chi connectivity index (χ1v) is 19.3. The van der Waals surface area contributed by atoms with Crippen molar-refractivity contribution in [2.75, 3.05) is 0 Å². The number of para-hydroxylation sites is 2. The topological polar surface area (TPSA) is 9.86 Å². The average Bonchev–Trinajstić information content (AvgIpc) is 3.79. The summed E-state index contributed by atoms with van der Waals surface area (Å²) in [7, 11) is 0. The number of hydrogen-bond acceptors (Lipinski definition) is 0. The molecule has 0 aliphatic heterocycles. The van der Waals surface area contributed by atoms with E-state index in [-0.39, 0.29) is 0 Å². The van der Waals surface area contributed by atoms with Gasteiger partial charge in [0, 0.05) is 32.9 Å². The molecule has 0 atom stereocenters. The summed E-state index contributed by atoms with van der Waals surface area (Å²) in [5.74, 6) is 0. The van der Waals surface area contributed by atoms with Gasteiger partial charge in [-0.15, -0.1) is 0 Å². The van der Waals surface area contributed by atoms with E-state index < -0.39 is 0 Å². The SMILES string of the molecule is c1ccc(-c2cc(-c3ccccc3)cc(-n3c4ccc(-c5ccc6c(c5)c5ccccc5n6-c5ccccc5)cc4c4ccc(-c5ccccc5)cc43)c2)cc1. The molecule has 0 fully saturated rings. The molecule has 11 rings (SSSR count). The predicted molar refractivity (Wildman–Crippen MR) is 237 cm³/mol. The van der Waals surface area contributed by atoms with E-state index in [1.807, 2.05) is 0 Å². The van der Waals surface area contributed by atoms with Crippen LogP contribution in [0.25, 0.3) is 99.5 Å². The summed E-state index contributed by atoms with van der Waals surface area (Å²) in [6.45, 7) is 0. The van der Waals surface area contributed by atoms with E-state index in [2.05, 4.69) is 228 Å². The molecule has 0 aliphatic rings. The van der Waals surface area contributed by atoms with Gasteiger partial charge in [-0.05, 0) is 111 Å². The number of aromatic nitrogens is 2. The van der Waals surface area contributed by atoms with Crippen LogP contribution in [0.4, 0.5) is 0 Å². The first-order valence-electron chi connectivity index (χ1n) is 19.3. The van der Waals surface area contributed by atoms with Crippen LogP contribution in [0.3, 0.4) is 0 Å². The molecule has 0 aliphatic carbocycles. The zero-order chi connectivity index (χ0) is 37.0. The van der Waals surface area contributed by atoms with E-state index in [1.165, 1.54) is 93.8 Å². The van der Waals surface area contributed by atoms with Crippen molar-refractivity contribution in [3.8, 4) is 55.9 Å². The molecule has 0 amide bonds. The van der Waals surface area contributed by atoms with Crippen LogP contribution < -0.4 is 0 Å². The Labute approximate surface area is 325 Å². The molecule has 9 aromatic carbocycles. The monoisotopic (exact) mass is 712 g/mol. The second-order valence-corrected chi connectivity index (χ2v) is 14.6. The first-order chi connectivity index (χ1) is 27.8. The van der Waals surface area contributed by atoms with Gasteiger partial charge in [-0.2, -0.15) is 0 Å². The maximum absolute atomic E-state index is 2.47. The van der Waals surface area contributed by atoms with Gasteiger partial charge in [-0.3, -0.25) is 0 Å². The smallest absolute Gasteiger partial charge is 0.0547 e. The molecule has 0 unspecified atom stereocenters. The summed E-state index contributed by atoms with van der Waals surface area (Å²) < 4.78 is 4.85. The minimum absolute atomic E-state index is 1.14. The van der Waals surface area contributed by atoms with Gasteiger partial charge in [-0.25, -0.2) is 0 Å². The highest BCUT2D eigenvalue weighted by Crippen LogP contribution is 2.41. The summed E-state index contributed by atoms with van der Waals surface area (Å²) in [4.78, 5) is 0. The van der Waals surface area contributed by atoms with Crippen molar-refractivity contribution in [3.05, 3.63) is 218 Å². The standard InChI is InChI=1S/C54H36N2/c1-5-15-37(16-6-1)42-25-28-48-50-35-41(40-26-29-52-49(34-40)47-23-13-14-24-51(47)55(52)45-21-11-4-12-22-45)27-30-53(50)56(54(48)36-42)46-32-43(38-17-7-2-8-18-38)31-44(33-46)39-19-9-3-10-20-39/h1-36H.